The van der Waals surface area contributed by atoms with Crippen molar-refractivity contribution in [2.24, 2.45) is 0 Å². The maximum absolute atomic E-state index is 12.0. The molecule has 3 amide bonds. The number of aromatic nitrogens is 1. The zero-order valence-corrected chi connectivity index (χ0v) is 15.5. The number of nitrogens with one attached hydrogen (secondary N) is 3. The van der Waals surface area contributed by atoms with Crippen molar-refractivity contribution in [1.29, 1.82) is 0 Å². The lowest BCUT2D eigenvalue weighted by molar-refractivity contribution is -0.121. The Hall–Kier alpha value is -2.16. The summed E-state index contributed by atoms with van der Waals surface area (Å²) in [5.74, 6) is -0.108. The lowest BCUT2D eigenvalue weighted by Gasteiger charge is -2.10. The molecule has 2 aromatic rings. The molecule has 1 saturated heterocycles. The van der Waals surface area contributed by atoms with E-state index in [1.807, 2.05) is 0 Å². The van der Waals surface area contributed by atoms with Crippen LogP contribution >= 0.6 is 22.9 Å². The molecular formula is C17H19ClN4O3S. The van der Waals surface area contributed by atoms with Crippen LogP contribution in [0.4, 0.5) is 15.6 Å². The van der Waals surface area contributed by atoms with Gasteiger partial charge in [0, 0.05) is 29.2 Å². The van der Waals surface area contributed by atoms with Gasteiger partial charge >= 0.3 is 6.03 Å². The molecule has 3 rings (SSSR count). The molecule has 0 radical (unpaired) electrons. The van der Waals surface area contributed by atoms with Gasteiger partial charge in [0.15, 0.2) is 5.13 Å². The molecule has 1 aliphatic rings. The van der Waals surface area contributed by atoms with Gasteiger partial charge in [-0.05, 0) is 37.1 Å². The smallest absolute Gasteiger partial charge is 0.325 e. The Labute approximate surface area is 160 Å². The first-order valence-electron chi connectivity index (χ1n) is 8.25. The molecule has 2 heterocycles. The largest absolute Gasteiger partial charge is 0.376 e. The first kappa shape index (κ1) is 18.6. The molecule has 0 saturated carbocycles. The van der Waals surface area contributed by atoms with Gasteiger partial charge in [-0.15, -0.1) is 11.3 Å². The maximum atomic E-state index is 12.0. The number of urea groups is 1. The number of benzene rings is 1. The zero-order valence-electron chi connectivity index (χ0n) is 14.0. The van der Waals surface area contributed by atoms with Crippen LogP contribution in [0.1, 0.15) is 18.5 Å². The van der Waals surface area contributed by atoms with Crippen molar-refractivity contribution in [2.75, 3.05) is 23.8 Å². The number of anilines is 2. The van der Waals surface area contributed by atoms with Crippen LogP contribution < -0.4 is 16.0 Å². The number of thiazole rings is 1. The van der Waals surface area contributed by atoms with E-state index in [1.165, 1.54) is 11.3 Å². The van der Waals surface area contributed by atoms with Crippen LogP contribution in [-0.4, -0.2) is 36.2 Å². The summed E-state index contributed by atoms with van der Waals surface area (Å²) in [5, 5.41) is 11.0. The highest BCUT2D eigenvalue weighted by molar-refractivity contribution is 7.14. The predicted octanol–water partition coefficient (Wildman–Crippen LogP) is 3.28. The Morgan fingerprint density at radius 3 is 2.81 bits per heavy atom. The Bertz CT molecular complexity index is 760. The molecule has 0 bridgehead atoms. The van der Waals surface area contributed by atoms with Crippen molar-refractivity contribution >= 4 is 45.7 Å². The van der Waals surface area contributed by atoms with Crippen molar-refractivity contribution in [3.8, 4) is 0 Å². The van der Waals surface area contributed by atoms with Crippen molar-refractivity contribution in [3.63, 3.8) is 0 Å². The molecule has 1 aliphatic heterocycles. The van der Waals surface area contributed by atoms with Gasteiger partial charge in [-0.25, -0.2) is 9.78 Å². The summed E-state index contributed by atoms with van der Waals surface area (Å²) < 4.78 is 5.47. The summed E-state index contributed by atoms with van der Waals surface area (Å²) in [6, 6.07) is 6.37. The minimum atomic E-state index is -0.406. The van der Waals surface area contributed by atoms with E-state index in [4.69, 9.17) is 16.3 Å². The Morgan fingerprint density at radius 1 is 1.27 bits per heavy atom. The molecule has 0 unspecified atom stereocenters. The molecule has 0 aliphatic carbocycles. The molecule has 0 spiro atoms. The van der Waals surface area contributed by atoms with Gasteiger partial charge in [-0.3, -0.25) is 10.1 Å². The zero-order chi connectivity index (χ0) is 18.4. The Kier molecular flexibility index (Phi) is 6.43. The minimum absolute atomic E-state index is 0.108. The molecule has 1 aromatic carbocycles. The second kappa shape index (κ2) is 8.98. The van der Waals surface area contributed by atoms with E-state index in [1.54, 1.807) is 29.6 Å². The number of hydrogen-bond donors (Lipinski definition) is 3. The average molecular weight is 395 g/mol. The van der Waals surface area contributed by atoms with E-state index in [0.717, 1.165) is 19.4 Å². The van der Waals surface area contributed by atoms with E-state index >= 15 is 0 Å². The summed E-state index contributed by atoms with van der Waals surface area (Å²) in [5.41, 5.74) is 1.24. The van der Waals surface area contributed by atoms with Crippen LogP contribution in [0.15, 0.2) is 29.6 Å². The van der Waals surface area contributed by atoms with Gasteiger partial charge in [0.05, 0.1) is 18.2 Å². The van der Waals surface area contributed by atoms with Crippen LogP contribution in [-0.2, 0) is 16.0 Å². The van der Waals surface area contributed by atoms with Crippen LogP contribution in [0.3, 0.4) is 0 Å². The fourth-order valence-electron chi connectivity index (χ4n) is 2.50. The number of hydrogen-bond acceptors (Lipinski definition) is 5. The molecule has 7 nitrogen and oxygen atoms in total. The molecule has 9 heteroatoms. The van der Waals surface area contributed by atoms with Crippen LogP contribution in [0, 0.1) is 0 Å². The molecular weight excluding hydrogens is 376 g/mol. The summed E-state index contributed by atoms with van der Waals surface area (Å²) in [6.45, 7) is 1.29. The average Bonchev–Trinajstić information content (AvgIpc) is 3.27. The maximum Gasteiger partial charge on any atom is 0.325 e. The quantitative estimate of drug-likeness (QED) is 0.701. The summed E-state index contributed by atoms with van der Waals surface area (Å²) in [4.78, 5) is 28.2. The fourth-order valence-corrected chi connectivity index (χ4v) is 3.33. The van der Waals surface area contributed by atoms with Crippen LogP contribution in [0.25, 0.3) is 0 Å². The number of nitrogens with zero attached hydrogens (tertiary/aromatic N) is 1. The van der Waals surface area contributed by atoms with Gasteiger partial charge in [-0.2, -0.15) is 0 Å². The summed E-state index contributed by atoms with van der Waals surface area (Å²) in [6.07, 6.45) is 2.31. The van der Waals surface area contributed by atoms with E-state index in [-0.39, 0.29) is 18.4 Å². The number of halogens is 1. The first-order chi connectivity index (χ1) is 12.6. The molecule has 3 N–H and O–H groups in total. The van der Waals surface area contributed by atoms with Crippen LogP contribution in [0.5, 0.6) is 0 Å². The topological polar surface area (TPSA) is 92.4 Å². The van der Waals surface area contributed by atoms with Crippen molar-refractivity contribution < 1.29 is 14.3 Å². The third-order valence-electron chi connectivity index (χ3n) is 3.77. The van der Waals surface area contributed by atoms with E-state index in [0.29, 0.717) is 28.1 Å². The van der Waals surface area contributed by atoms with Gasteiger partial charge < -0.3 is 15.4 Å². The summed E-state index contributed by atoms with van der Waals surface area (Å²) in [7, 11) is 0. The highest BCUT2D eigenvalue weighted by atomic mass is 35.5. The van der Waals surface area contributed by atoms with Crippen molar-refractivity contribution in [2.45, 2.75) is 25.4 Å². The van der Waals surface area contributed by atoms with Gasteiger partial charge in [0.25, 0.3) is 0 Å². The number of amides is 3. The standard InChI is InChI=1S/C17H19ClN4O3S/c18-11-3-5-12(6-4-11)20-16(24)22-17-21-13(10-26-17)8-15(23)19-9-14-2-1-7-25-14/h3-6,10,14H,1-2,7-9H2,(H,19,23)(H2,20,21,22,24)/t14-/m0/s1. The van der Waals surface area contributed by atoms with Gasteiger partial charge in [-0.1, -0.05) is 11.6 Å². The molecule has 1 atom stereocenters. The van der Waals surface area contributed by atoms with E-state index in [9.17, 15) is 9.59 Å². The van der Waals surface area contributed by atoms with Crippen molar-refractivity contribution in [1.82, 2.24) is 10.3 Å². The number of rotatable bonds is 6. The highest BCUT2D eigenvalue weighted by Crippen LogP contribution is 2.17. The molecule has 1 fully saturated rings. The van der Waals surface area contributed by atoms with E-state index in [2.05, 4.69) is 20.9 Å². The Morgan fingerprint density at radius 2 is 2.08 bits per heavy atom. The number of carbonyl (C=O) groups is 2. The van der Waals surface area contributed by atoms with E-state index < -0.39 is 6.03 Å². The molecule has 26 heavy (non-hydrogen) atoms. The molecule has 138 valence electrons. The van der Waals surface area contributed by atoms with Crippen molar-refractivity contribution in [3.05, 3.63) is 40.4 Å². The summed E-state index contributed by atoms with van der Waals surface area (Å²) >= 11 is 7.07. The van der Waals surface area contributed by atoms with Gasteiger partial charge in [0.1, 0.15) is 0 Å². The highest BCUT2D eigenvalue weighted by Gasteiger charge is 2.16. The second-order valence-corrected chi connectivity index (χ2v) is 7.14. The number of ether oxygens (including phenoxy) is 1. The third kappa shape index (κ3) is 5.69. The Balaban J connectivity index is 1.43. The lowest BCUT2D eigenvalue weighted by atomic mass is 10.2. The number of carbonyl (C=O) groups excluding carboxylic acids is 2. The second-order valence-electron chi connectivity index (χ2n) is 5.85. The molecule has 1 aromatic heterocycles. The third-order valence-corrected chi connectivity index (χ3v) is 4.83. The lowest BCUT2D eigenvalue weighted by Crippen LogP contribution is -2.32. The monoisotopic (exact) mass is 394 g/mol. The SMILES string of the molecule is O=C(Cc1csc(NC(=O)Nc2ccc(Cl)cc2)n1)NC[C@@H]1CCCO1. The normalized spacial score (nSPS) is 16.3. The fraction of sp³-hybridized carbons (Fsp3) is 0.353. The first-order valence-corrected chi connectivity index (χ1v) is 9.50. The predicted molar refractivity (Wildman–Crippen MR) is 102 cm³/mol. The van der Waals surface area contributed by atoms with Crippen LogP contribution in [0.2, 0.25) is 5.02 Å². The van der Waals surface area contributed by atoms with Gasteiger partial charge in [0.2, 0.25) is 5.91 Å². The minimum Gasteiger partial charge on any atom is -0.376 e.